The van der Waals surface area contributed by atoms with E-state index in [-0.39, 0.29) is 7.43 Å². The standard InChI is InChI=1S/8C6H8O2.CH4/c8*1-7-5-6-3-2-4-8-6;/h8*2-4H,5H2,1H3;1H4. The summed E-state index contributed by atoms with van der Waals surface area (Å²) in [6, 6.07) is 29.8. The smallest absolute Gasteiger partial charge is 0.129 e. The van der Waals surface area contributed by atoms with Gasteiger partial charge in [-0.2, -0.15) is 0 Å². The number of rotatable bonds is 16. The highest BCUT2D eigenvalue weighted by atomic mass is 16.5. The molecular weight excluding hydrogens is 845 g/mol. The molecule has 8 aromatic heterocycles. The van der Waals surface area contributed by atoms with Gasteiger partial charge >= 0.3 is 0 Å². The minimum absolute atomic E-state index is 0. The van der Waals surface area contributed by atoms with E-state index in [4.69, 9.17) is 73.2 Å². The maximum Gasteiger partial charge on any atom is 0.129 e. The number of hydrogen-bond acceptors (Lipinski definition) is 16. The van der Waals surface area contributed by atoms with Crippen LogP contribution in [0.4, 0.5) is 0 Å². The number of methoxy groups -OCH3 is 8. The maximum absolute atomic E-state index is 4.95. The molecule has 0 aliphatic carbocycles. The molecule has 0 aromatic carbocycles. The fourth-order valence-corrected chi connectivity index (χ4v) is 4.30. The molecule has 0 amide bonds. The molecule has 0 fully saturated rings. The molecule has 65 heavy (non-hydrogen) atoms. The molecule has 0 atom stereocenters. The van der Waals surface area contributed by atoms with Gasteiger partial charge in [0.1, 0.15) is 98.9 Å². The van der Waals surface area contributed by atoms with Crippen molar-refractivity contribution in [3.05, 3.63) is 193 Å². The van der Waals surface area contributed by atoms with Crippen LogP contribution in [0.2, 0.25) is 0 Å². The van der Waals surface area contributed by atoms with Crippen LogP contribution in [-0.2, 0) is 90.7 Å². The Morgan fingerprint density at radius 2 is 0.338 bits per heavy atom. The van der Waals surface area contributed by atoms with Gasteiger partial charge in [-0.05, 0) is 97.1 Å². The lowest BCUT2D eigenvalue weighted by Gasteiger charge is -1.88. The Balaban J connectivity index is 0.000000719. The number of furan rings is 8. The fraction of sp³-hybridized carbons (Fsp3) is 0.347. The molecule has 0 aliphatic heterocycles. The molecule has 16 heteroatoms. The third kappa shape index (κ3) is 33.1. The Kier molecular flexibility index (Phi) is 39.1. The van der Waals surface area contributed by atoms with Crippen molar-refractivity contribution in [2.75, 3.05) is 56.9 Å². The third-order valence-electron chi connectivity index (χ3n) is 6.93. The van der Waals surface area contributed by atoms with Gasteiger partial charge in [-0.1, -0.05) is 7.43 Å². The van der Waals surface area contributed by atoms with Crippen LogP contribution in [0.15, 0.2) is 183 Å². The van der Waals surface area contributed by atoms with Gasteiger partial charge in [0, 0.05) is 56.9 Å². The predicted octanol–water partition coefficient (Wildman–Crippen LogP) is 12.0. The monoisotopic (exact) mass is 912 g/mol. The first-order valence-corrected chi connectivity index (χ1v) is 19.6. The summed E-state index contributed by atoms with van der Waals surface area (Å²) in [6.45, 7) is 4.50. The minimum atomic E-state index is 0. The van der Waals surface area contributed by atoms with Crippen LogP contribution in [0.5, 0.6) is 0 Å². The second-order valence-electron chi connectivity index (χ2n) is 12.1. The molecule has 8 aromatic rings. The summed E-state index contributed by atoms with van der Waals surface area (Å²) in [4.78, 5) is 0. The van der Waals surface area contributed by atoms with Crippen LogP contribution in [0.3, 0.4) is 0 Å². The average Bonchev–Trinajstić information content (AvgIpc) is 4.15. The summed E-state index contributed by atoms with van der Waals surface area (Å²) >= 11 is 0. The van der Waals surface area contributed by atoms with Gasteiger partial charge in [-0.25, -0.2) is 0 Å². The molecule has 0 aliphatic rings. The minimum Gasteiger partial charge on any atom is -0.467 e. The Morgan fingerprint density at radius 3 is 0.400 bits per heavy atom. The lowest BCUT2D eigenvalue weighted by atomic mass is 10.5. The molecule has 0 saturated heterocycles. The summed E-state index contributed by atoms with van der Waals surface area (Å²) < 4.78 is 77.9. The zero-order chi connectivity index (χ0) is 46.6. The van der Waals surface area contributed by atoms with E-state index in [2.05, 4.69) is 0 Å². The van der Waals surface area contributed by atoms with Gasteiger partial charge < -0.3 is 73.2 Å². The van der Waals surface area contributed by atoms with E-state index in [9.17, 15) is 0 Å². The Labute approximate surface area is 382 Å². The lowest BCUT2D eigenvalue weighted by molar-refractivity contribution is 0.164. The number of ether oxygens (including phenoxy) is 8. The van der Waals surface area contributed by atoms with Crippen LogP contribution in [0, 0.1) is 0 Å². The van der Waals surface area contributed by atoms with Crippen LogP contribution in [0.25, 0.3) is 0 Å². The van der Waals surface area contributed by atoms with E-state index < -0.39 is 0 Å². The van der Waals surface area contributed by atoms with Gasteiger partial charge in [-0.15, -0.1) is 0 Å². The highest BCUT2D eigenvalue weighted by Crippen LogP contribution is 2.04. The molecule has 0 N–H and O–H groups in total. The SMILES string of the molecule is C.COCc1ccco1.COCc1ccco1.COCc1ccco1.COCc1ccco1.COCc1ccco1.COCc1ccco1.COCc1ccco1.COCc1ccco1. The van der Waals surface area contributed by atoms with Gasteiger partial charge in [0.25, 0.3) is 0 Å². The molecule has 8 rings (SSSR count). The first-order chi connectivity index (χ1) is 31.5. The summed E-state index contributed by atoms with van der Waals surface area (Å²) in [5.74, 6) is 6.94. The highest BCUT2D eigenvalue weighted by molar-refractivity contribution is 4.99. The molecule has 0 bridgehead atoms. The van der Waals surface area contributed by atoms with E-state index in [0.29, 0.717) is 52.9 Å². The van der Waals surface area contributed by atoms with E-state index >= 15 is 0 Å². The van der Waals surface area contributed by atoms with Crippen LogP contribution in [0.1, 0.15) is 53.5 Å². The Bertz CT molecular complexity index is 1490. The van der Waals surface area contributed by atoms with E-state index in [1.54, 1.807) is 107 Å². The fourth-order valence-electron chi connectivity index (χ4n) is 4.30. The summed E-state index contributed by atoms with van der Waals surface area (Å²) in [6.07, 6.45) is 13.1. The van der Waals surface area contributed by atoms with Crippen molar-refractivity contribution in [2.45, 2.75) is 60.3 Å². The molecule has 16 nitrogen and oxygen atoms in total. The van der Waals surface area contributed by atoms with Crippen molar-refractivity contribution in [3.8, 4) is 0 Å². The van der Waals surface area contributed by atoms with Crippen molar-refractivity contribution in [2.24, 2.45) is 0 Å². The topological polar surface area (TPSA) is 179 Å². The first kappa shape index (κ1) is 58.9. The zero-order valence-corrected chi connectivity index (χ0v) is 38.0. The third-order valence-corrected chi connectivity index (χ3v) is 6.93. The summed E-state index contributed by atoms with van der Waals surface area (Å²) in [5.41, 5.74) is 0. The second-order valence-corrected chi connectivity index (χ2v) is 12.1. The Hall–Kier alpha value is -6.08. The molecule has 0 unspecified atom stereocenters. The quantitative estimate of drug-likeness (QED) is 0.0892. The van der Waals surface area contributed by atoms with Gasteiger partial charge in [0.2, 0.25) is 0 Å². The van der Waals surface area contributed by atoms with E-state index in [0.717, 1.165) is 46.1 Å². The highest BCUT2D eigenvalue weighted by Gasteiger charge is 1.94. The molecule has 360 valence electrons. The zero-order valence-electron chi connectivity index (χ0n) is 38.0. The summed E-state index contributed by atoms with van der Waals surface area (Å²) in [7, 11) is 13.1. The predicted molar refractivity (Wildman–Crippen MR) is 242 cm³/mol. The average molecular weight is 913 g/mol. The van der Waals surface area contributed by atoms with Crippen molar-refractivity contribution >= 4 is 0 Å². The van der Waals surface area contributed by atoms with Crippen LogP contribution >= 0.6 is 0 Å². The molecule has 0 radical (unpaired) electrons. The molecule has 0 spiro atoms. The van der Waals surface area contributed by atoms with Crippen molar-refractivity contribution in [3.63, 3.8) is 0 Å². The maximum atomic E-state index is 4.95. The number of hydrogen-bond donors (Lipinski definition) is 0. The summed E-state index contributed by atoms with van der Waals surface area (Å²) in [5, 5.41) is 0. The molecule has 0 saturated carbocycles. The lowest BCUT2D eigenvalue weighted by Crippen LogP contribution is -1.81. The van der Waals surface area contributed by atoms with Crippen molar-refractivity contribution in [1.29, 1.82) is 0 Å². The van der Waals surface area contributed by atoms with Crippen LogP contribution in [-0.4, -0.2) is 56.9 Å². The second kappa shape index (κ2) is 43.2. The van der Waals surface area contributed by atoms with Crippen LogP contribution < -0.4 is 0 Å². The van der Waals surface area contributed by atoms with Gasteiger partial charge in [0.05, 0.1) is 50.1 Å². The largest absolute Gasteiger partial charge is 0.467 e. The Morgan fingerprint density at radius 1 is 0.231 bits per heavy atom. The normalized spacial score (nSPS) is 9.48. The van der Waals surface area contributed by atoms with Crippen molar-refractivity contribution < 1.29 is 73.2 Å². The van der Waals surface area contributed by atoms with E-state index in [1.165, 1.54) is 0 Å². The van der Waals surface area contributed by atoms with Gasteiger partial charge in [0.15, 0.2) is 0 Å². The van der Waals surface area contributed by atoms with Gasteiger partial charge in [-0.3, -0.25) is 0 Å². The molecular formula is C49H68O16. The first-order valence-electron chi connectivity index (χ1n) is 19.6. The van der Waals surface area contributed by atoms with Crippen molar-refractivity contribution in [1.82, 2.24) is 0 Å². The van der Waals surface area contributed by atoms with E-state index in [1.807, 2.05) is 97.1 Å². The molecule has 8 heterocycles.